The zero-order valence-corrected chi connectivity index (χ0v) is 27.5. The SMILES string of the molecule is CCOC(=O)CC1CCCC(C)(c2cc(-c3ccc(F)cc3C)c(NCC(=O)C(C)(C)c3cc(C(F)(F)F)cc(C(F)(F)F)c3)cn2)C1. The summed E-state index contributed by atoms with van der Waals surface area (Å²) in [5.41, 5.74) is -2.64. The van der Waals surface area contributed by atoms with Crippen LogP contribution in [-0.2, 0) is 37.5 Å². The van der Waals surface area contributed by atoms with Crippen molar-refractivity contribution in [3.8, 4) is 11.1 Å². The van der Waals surface area contributed by atoms with Crippen LogP contribution in [0.1, 0.15) is 87.7 Å². The second-order valence-corrected chi connectivity index (χ2v) is 13.3. The van der Waals surface area contributed by atoms with Gasteiger partial charge in [0.05, 0.1) is 41.6 Å². The van der Waals surface area contributed by atoms with Gasteiger partial charge in [0.25, 0.3) is 0 Å². The molecule has 0 aliphatic heterocycles. The number of hydrogen-bond acceptors (Lipinski definition) is 5. The highest BCUT2D eigenvalue weighted by Crippen LogP contribution is 2.45. The summed E-state index contributed by atoms with van der Waals surface area (Å²) in [4.78, 5) is 30.5. The highest BCUT2D eigenvalue weighted by atomic mass is 19.4. The molecule has 3 aromatic rings. The molecular weight excluding hydrogens is 641 g/mol. The molecule has 1 saturated carbocycles. The van der Waals surface area contributed by atoms with Crippen LogP contribution in [0.5, 0.6) is 0 Å². The molecule has 1 heterocycles. The van der Waals surface area contributed by atoms with Crippen LogP contribution in [0.15, 0.2) is 48.7 Å². The van der Waals surface area contributed by atoms with E-state index in [-0.39, 0.29) is 18.0 Å². The first kappa shape index (κ1) is 36.9. The molecule has 1 fully saturated rings. The van der Waals surface area contributed by atoms with Crippen LogP contribution in [0.4, 0.5) is 36.4 Å². The van der Waals surface area contributed by atoms with E-state index in [0.29, 0.717) is 54.0 Å². The van der Waals surface area contributed by atoms with Crippen molar-refractivity contribution in [1.82, 2.24) is 4.98 Å². The van der Waals surface area contributed by atoms with Gasteiger partial charge in [-0.25, -0.2) is 4.39 Å². The summed E-state index contributed by atoms with van der Waals surface area (Å²) >= 11 is 0. The van der Waals surface area contributed by atoms with Crippen molar-refractivity contribution in [1.29, 1.82) is 0 Å². The number of carbonyl (C=O) groups excluding carboxylic acids is 2. The fourth-order valence-corrected chi connectivity index (χ4v) is 6.44. The first-order chi connectivity index (χ1) is 22.2. The van der Waals surface area contributed by atoms with Gasteiger partial charge in [-0.3, -0.25) is 14.6 Å². The summed E-state index contributed by atoms with van der Waals surface area (Å²) in [6.45, 7) is 7.94. The number of alkyl halides is 6. The van der Waals surface area contributed by atoms with Crippen molar-refractivity contribution in [3.63, 3.8) is 0 Å². The molecule has 260 valence electrons. The highest BCUT2D eigenvalue weighted by molar-refractivity contribution is 5.93. The molecule has 0 bridgehead atoms. The number of aryl methyl sites for hydroxylation is 1. The number of carbonyl (C=O) groups is 2. The quantitative estimate of drug-likeness (QED) is 0.171. The molecule has 1 aromatic heterocycles. The number of benzene rings is 2. The molecule has 1 aliphatic carbocycles. The Morgan fingerprint density at radius 3 is 2.17 bits per heavy atom. The number of pyridine rings is 1. The second kappa shape index (κ2) is 13.9. The number of hydrogen-bond donors (Lipinski definition) is 1. The summed E-state index contributed by atoms with van der Waals surface area (Å²) in [7, 11) is 0. The Morgan fingerprint density at radius 2 is 1.58 bits per heavy atom. The van der Waals surface area contributed by atoms with Gasteiger partial charge in [-0.2, -0.15) is 26.3 Å². The van der Waals surface area contributed by atoms with E-state index in [4.69, 9.17) is 9.72 Å². The molecule has 2 unspecified atom stereocenters. The maximum absolute atomic E-state index is 14.1. The van der Waals surface area contributed by atoms with Crippen LogP contribution in [-0.4, -0.2) is 29.9 Å². The minimum Gasteiger partial charge on any atom is -0.466 e. The molecule has 0 spiro atoms. The molecule has 5 nitrogen and oxygen atoms in total. The van der Waals surface area contributed by atoms with E-state index in [9.17, 15) is 40.3 Å². The summed E-state index contributed by atoms with van der Waals surface area (Å²) in [6.07, 6.45) is -5.09. The molecular formula is C36H39F7N2O3. The predicted molar refractivity (Wildman–Crippen MR) is 168 cm³/mol. The van der Waals surface area contributed by atoms with Gasteiger partial charge in [0, 0.05) is 23.1 Å². The lowest BCUT2D eigenvalue weighted by molar-refractivity contribution is -0.145. The zero-order valence-electron chi connectivity index (χ0n) is 27.5. The van der Waals surface area contributed by atoms with Crippen LogP contribution < -0.4 is 5.32 Å². The average Bonchev–Trinajstić information content (AvgIpc) is 2.99. The van der Waals surface area contributed by atoms with Crippen molar-refractivity contribution in [3.05, 3.63) is 82.4 Å². The van der Waals surface area contributed by atoms with E-state index >= 15 is 0 Å². The van der Waals surface area contributed by atoms with Crippen molar-refractivity contribution < 1.29 is 45.1 Å². The van der Waals surface area contributed by atoms with E-state index in [2.05, 4.69) is 12.2 Å². The van der Waals surface area contributed by atoms with Gasteiger partial charge in [0.15, 0.2) is 5.78 Å². The lowest BCUT2D eigenvalue weighted by atomic mass is 9.68. The van der Waals surface area contributed by atoms with Gasteiger partial charge < -0.3 is 10.1 Å². The van der Waals surface area contributed by atoms with Crippen LogP contribution in [0.2, 0.25) is 0 Å². The molecule has 0 amide bonds. The average molecular weight is 681 g/mol. The third kappa shape index (κ3) is 8.36. The largest absolute Gasteiger partial charge is 0.466 e. The Hall–Kier alpha value is -3.96. The van der Waals surface area contributed by atoms with Crippen LogP contribution in [0.25, 0.3) is 11.1 Å². The smallest absolute Gasteiger partial charge is 0.416 e. The van der Waals surface area contributed by atoms with E-state index in [1.165, 1.54) is 32.2 Å². The van der Waals surface area contributed by atoms with Gasteiger partial charge in [0.2, 0.25) is 0 Å². The minimum atomic E-state index is -5.06. The number of ketones is 1. The predicted octanol–water partition coefficient (Wildman–Crippen LogP) is 9.59. The molecule has 1 aliphatic rings. The van der Waals surface area contributed by atoms with Crippen LogP contribution in [0.3, 0.4) is 0 Å². The van der Waals surface area contributed by atoms with Gasteiger partial charge in [-0.15, -0.1) is 0 Å². The summed E-state index contributed by atoms with van der Waals surface area (Å²) in [5.74, 6) is -1.28. The number of esters is 1. The van der Waals surface area contributed by atoms with Crippen molar-refractivity contribution in [2.24, 2.45) is 5.92 Å². The lowest BCUT2D eigenvalue weighted by Crippen LogP contribution is -2.35. The fraction of sp³-hybridized carbons (Fsp3) is 0.472. The van der Waals surface area contributed by atoms with Crippen molar-refractivity contribution in [2.75, 3.05) is 18.5 Å². The zero-order chi connectivity index (χ0) is 35.7. The fourth-order valence-electron chi connectivity index (χ4n) is 6.44. The Labute approximate surface area is 275 Å². The number of aromatic nitrogens is 1. The third-order valence-corrected chi connectivity index (χ3v) is 9.29. The summed E-state index contributed by atoms with van der Waals surface area (Å²) in [5, 5.41) is 3.00. The van der Waals surface area contributed by atoms with Crippen molar-refractivity contribution in [2.45, 2.75) is 89.9 Å². The van der Waals surface area contributed by atoms with E-state index in [0.717, 1.165) is 25.0 Å². The number of nitrogens with zero attached hydrogens (tertiary/aromatic N) is 1. The van der Waals surface area contributed by atoms with E-state index in [1.807, 2.05) is 6.07 Å². The molecule has 0 radical (unpaired) electrons. The summed E-state index contributed by atoms with van der Waals surface area (Å²) < 4.78 is 101. The van der Waals surface area contributed by atoms with Gasteiger partial charge in [0.1, 0.15) is 5.82 Å². The monoisotopic (exact) mass is 680 g/mol. The van der Waals surface area contributed by atoms with Gasteiger partial charge in [-0.05, 0) is 106 Å². The number of nitrogens with one attached hydrogen (secondary N) is 1. The van der Waals surface area contributed by atoms with E-state index < -0.39 is 58.0 Å². The lowest BCUT2D eigenvalue weighted by Gasteiger charge is -2.38. The topological polar surface area (TPSA) is 68.3 Å². The Kier molecular flexibility index (Phi) is 10.7. The Bertz CT molecular complexity index is 1630. The highest BCUT2D eigenvalue weighted by Gasteiger charge is 2.40. The molecule has 2 atom stereocenters. The summed E-state index contributed by atoms with van der Waals surface area (Å²) in [6, 6.07) is 7.26. The minimum absolute atomic E-state index is 0.0265. The standard InChI is InChI=1S/C36H39F7N2O3/c1-6-48-32(47)13-22-8-7-11-34(5,18-22)30-17-28(27-10-9-26(37)12-21(27)2)29(19-45-30)44-20-31(46)33(3,4)23-14-24(35(38,39)40)16-25(15-23)36(41,42)43/h9-10,12,14-17,19,22,44H,6-8,11,13,18,20H2,1-5H3. The maximum atomic E-state index is 14.1. The Balaban J connectivity index is 1.67. The van der Waals surface area contributed by atoms with Gasteiger partial charge >= 0.3 is 18.3 Å². The molecule has 0 saturated heterocycles. The van der Waals surface area contributed by atoms with Gasteiger partial charge in [-0.1, -0.05) is 19.4 Å². The molecule has 1 N–H and O–H groups in total. The molecule has 4 rings (SSSR count). The number of rotatable bonds is 10. The first-order valence-electron chi connectivity index (χ1n) is 15.7. The third-order valence-electron chi connectivity index (χ3n) is 9.29. The number of Topliss-reactive ketones (excluding diaryl/α,β-unsaturated/α-hetero) is 1. The normalized spacial score (nSPS) is 18.8. The number of anilines is 1. The molecule has 12 heteroatoms. The number of halogens is 7. The molecule has 2 aromatic carbocycles. The van der Waals surface area contributed by atoms with E-state index in [1.54, 1.807) is 19.9 Å². The Morgan fingerprint density at radius 1 is 0.958 bits per heavy atom. The second-order valence-electron chi connectivity index (χ2n) is 13.3. The van der Waals surface area contributed by atoms with Crippen molar-refractivity contribution >= 4 is 17.4 Å². The maximum Gasteiger partial charge on any atom is 0.416 e. The number of ether oxygens (including phenoxy) is 1. The van der Waals surface area contributed by atoms with Crippen LogP contribution in [0, 0.1) is 18.7 Å². The molecule has 48 heavy (non-hydrogen) atoms. The first-order valence-corrected chi connectivity index (χ1v) is 15.7. The van der Waals surface area contributed by atoms with Crippen LogP contribution >= 0.6 is 0 Å².